The number of carbonyl (C=O) groups is 1. The number of hydrogen-bond acceptors (Lipinski definition) is 5. The Balaban J connectivity index is 2.02. The summed E-state index contributed by atoms with van der Waals surface area (Å²) >= 11 is 0. The van der Waals surface area contributed by atoms with Gasteiger partial charge in [0.15, 0.2) is 0 Å². The average Bonchev–Trinajstić information content (AvgIpc) is 2.49. The summed E-state index contributed by atoms with van der Waals surface area (Å²) in [6.07, 6.45) is 1.36. The van der Waals surface area contributed by atoms with Gasteiger partial charge in [0.05, 0.1) is 11.1 Å². The van der Waals surface area contributed by atoms with E-state index in [-0.39, 0.29) is 4.90 Å². The number of carbonyl (C=O) groups excluding carboxylic acids is 1. The largest absolute Gasteiger partial charge is 0.427 e. The van der Waals surface area contributed by atoms with Crippen LogP contribution in [0.3, 0.4) is 0 Å². The molecule has 0 heterocycles. The summed E-state index contributed by atoms with van der Waals surface area (Å²) in [6, 6.07) is 14.4. The van der Waals surface area contributed by atoms with Crippen molar-refractivity contribution in [1.82, 2.24) is 4.83 Å². The van der Waals surface area contributed by atoms with Crippen LogP contribution >= 0.6 is 0 Å². The number of hydrazone groups is 1. The third-order valence-electron chi connectivity index (χ3n) is 2.58. The van der Waals surface area contributed by atoms with Gasteiger partial charge in [-0.2, -0.15) is 13.5 Å². The number of rotatable bonds is 5. The van der Waals surface area contributed by atoms with Crippen molar-refractivity contribution in [2.24, 2.45) is 5.10 Å². The van der Waals surface area contributed by atoms with E-state index in [4.69, 9.17) is 4.74 Å². The Morgan fingerprint density at radius 3 is 2.32 bits per heavy atom. The molecule has 0 spiro atoms. The highest BCUT2D eigenvalue weighted by Gasteiger charge is 2.10. The summed E-state index contributed by atoms with van der Waals surface area (Å²) in [5, 5.41) is 3.71. The maximum atomic E-state index is 11.9. The van der Waals surface area contributed by atoms with E-state index < -0.39 is 16.0 Å². The quantitative estimate of drug-likeness (QED) is 0.395. The highest BCUT2D eigenvalue weighted by atomic mass is 32.2. The van der Waals surface area contributed by atoms with Gasteiger partial charge in [0.25, 0.3) is 10.0 Å². The molecule has 0 saturated carbocycles. The SMILES string of the molecule is CC(=O)Oc1ccc(C=NNS(=O)(=O)c2ccccc2)cc1. The lowest BCUT2D eigenvalue weighted by Gasteiger charge is -2.03. The molecule has 1 N–H and O–H groups in total. The van der Waals surface area contributed by atoms with Gasteiger partial charge >= 0.3 is 5.97 Å². The fourth-order valence-corrected chi connectivity index (χ4v) is 2.42. The lowest BCUT2D eigenvalue weighted by atomic mass is 10.2. The van der Waals surface area contributed by atoms with Gasteiger partial charge in [-0.15, -0.1) is 0 Å². The second-order valence-electron chi connectivity index (χ2n) is 4.33. The molecule has 0 aliphatic rings. The molecular formula is C15H14N2O4S. The van der Waals surface area contributed by atoms with Crippen LogP contribution in [0.4, 0.5) is 0 Å². The molecule has 22 heavy (non-hydrogen) atoms. The van der Waals surface area contributed by atoms with Crippen molar-refractivity contribution in [3.05, 3.63) is 60.2 Å². The Hall–Kier alpha value is -2.67. The van der Waals surface area contributed by atoms with Crippen molar-refractivity contribution < 1.29 is 17.9 Å². The van der Waals surface area contributed by atoms with Crippen LogP contribution in [-0.2, 0) is 14.8 Å². The van der Waals surface area contributed by atoms with Gasteiger partial charge < -0.3 is 4.74 Å². The lowest BCUT2D eigenvalue weighted by molar-refractivity contribution is -0.131. The van der Waals surface area contributed by atoms with Gasteiger partial charge in [0.2, 0.25) is 0 Å². The fraction of sp³-hybridized carbons (Fsp3) is 0.0667. The smallest absolute Gasteiger partial charge is 0.308 e. The number of sulfonamides is 1. The van der Waals surface area contributed by atoms with Crippen LogP contribution in [-0.4, -0.2) is 20.6 Å². The molecule has 2 aromatic carbocycles. The second kappa shape index (κ2) is 6.86. The molecule has 2 aromatic rings. The van der Waals surface area contributed by atoms with Crippen molar-refractivity contribution in [1.29, 1.82) is 0 Å². The molecule has 2 rings (SSSR count). The van der Waals surface area contributed by atoms with E-state index in [0.717, 1.165) is 0 Å². The Morgan fingerprint density at radius 1 is 1.09 bits per heavy atom. The highest BCUT2D eigenvalue weighted by molar-refractivity contribution is 7.89. The van der Waals surface area contributed by atoms with Gasteiger partial charge in [-0.3, -0.25) is 4.79 Å². The third-order valence-corrected chi connectivity index (χ3v) is 3.82. The molecule has 0 unspecified atom stereocenters. The number of nitrogens with zero attached hydrogens (tertiary/aromatic N) is 1. The zero-order chi connectivity index (χ0) is 16.0. The molecule has 0 saturated heterocycles. The summed E-state index contributed by atoms with van der Waals surface area (Å²) in [4.78, 5) is 13.1. The van der Waals surface area contributed by atoms with Crippen LogP contribution in [0, 0.1) is 0 Å². The van der Waals surface area contributed by atoms with Gasteiger partial charge in [-0.1, -0.05) is 18.2 Å². The van der Waals surface area contributed by atoms with Crippen molar-refractivity contribution in [2.45, 2.75) is 11.8 Å². The molecule has 7 heteroatoms. The first-order valence-corrected chi connectivity index (χ1v) is 7.84. The van der Waals surface area contributed by atoms with Crippen LogP contribution in [0.25, 0.3) is 0 Å². The molecule has 0 aliphatic carbocycles. The molecular weight excluding hydrogens is 304 g/mol. The number of esters is 1. The van der Waals surface area contributed by atoms with E-state index in [2.05, 4.69) is 9.93 Å². The predicted molar refractivity (Wildman–Crippen MR) is 82.1 cm³/mol. The Bertz CT molecular complexity index is 769. The molecule has 0 aromatic heterocycles. The zero-order valence-corrected chi connectivity index (χ0v) is 12.6. The zero-order valence-electron chi connectivity index (χ0n) is 11.8. The summed E-state index contributed by atoms with van der Waals surface area (Å²) in [7, 11) is -3.67. The molecule has 0 aliphatic heterocycles. The number of ether oxygens (including phenoxy) is 1. The van der Waals surface area contributed by atoms with Gasteiger partial charge in [0, 0.05) is 6.92 Å². The van der Waals surface area contributed by atoms with E-state index in [1.165, 1.54) is 25.3 Å². The predicted octanol–water partition coefficient (Wildman–Crippen LogP) is 1.92. The Kier molecular flexibility index (Phi) is 4.90. The van der Waals surface area contributed by atoms with Gasteiger partial charge in [-0.25, -0.2) is 4.83 Å². The molecule has 0 radical (unpaired) electrons. The first-order valence-electron chi connectivity index (χ1n) is 6.36. The summed E-state index contributed by atoms with van der Waals surface area (Å²) in [6.45, 7) is 1.31. The van der Waals surface area contributed by atoms with E-state index in [9.17, 15) is 13.2 Å². The minimum atomic E-state index is -3.67. The van der Waals surface area contributed by atoms with Crippen molar-refractivity contribution in [3.63, 3.8) is 0 Å². The Labute approximate surface area is 128 Å². The fourth-order valence-electron chi connectivity index (χ4n) is 1.61. The number of hydrogen-bond donors (Lipinski definition) is 1. The monoisotopic (exact) mass is 318 g/mol. The van der Waals surface area contributed by atoms with E-state index >= 15 is 0 Å². The lowest BCUT2D eigenvalue weighted by Crippen LogP contribution is -2.18. The summed E-state index contributed by atoms with van der Waals surface area (Å²) < 4.78 is 28.7. The summed E-state index contributed by atoms with van der Waals surface area (Å²) in [5.74, 6) is 0.00607. The molecule has 0 bridgehead atoms. The first kappa shape index (κ1) is 15.7. The molecule has 0 atom stereocenters. The van der Waals surface area contributed by atoms with Crippen LogP contribution in [0.1, 0.15) is 12.5 Å². The maximum absolute atomic E-state index is 11.9. The molecule has 114 valence electrons. The average molecular weight is 318 g/mol. The minimum absolute atomic E-state index is 0.136. The molecule has 0 amide bonds. The standard InChI is InChI=1S/C15H14N2O4S/c1-12(18)21-14-9-7-13(8-10-14)11-16-17-22(19,20)15-5-3-2-4-6-15/h2-11,17H,1H3. The minimum Gasteiger partial charge on any atom is -0.427 e. The van der Waals surface area contributed by atoms with Crippen molar-refractivity contribution in [3.8, 4) is 5.75 Å². The number of nitrogens with one attached hydrogen (secondary N) is 1. The topological polar surface area (TPSA) is 84.8 Å². The van der Waals surface area contributed by atoms with Crippen LogP contribution in [0.2, 0.25) is 0 Å². The van der Waals surface area contributed by atoms with E-state index in [1.807, 2.05) is 0 Å². The van der Waals surface area contributed by atoms with Gasteiger partial charge in [0.1, 0.15) is 5.75 Å². The summed E-state index contributed by atoms with van der Waals surface area (Å²) in [5.41, 5.74) is 0.659. The molecule has 6 nitrogen and oxygen atoms in total. The molecule has 0 fully saturated rings. The Morgan fingerprint density at radius 2 is 1.73 bits per heavy atom. The normalized spacial score (nSPS) is 11.3. The van der Waals surface area contributed by atoms with Crippen LogP contribution < -0.4 is 9.57 Å². The van der Waals surface area contributed by atoms with Crippen LogP contribution in [0.5, 0.6) is 5.75 Å². The van der Waals surface area contributed by atoms with Gasteiger partial charge in [-0.05, 0) is 42.0 Å². The van der Waals surface area contributed by atoms with Crippen molar-refractivity contribution >= 4 is 22.2 Å². The second-order valence-corrected chi connectivity index (χ2v) is 5.99. The highest BCUT2D eigenvalue weighted by Crippen LogP contribution is 2.11. The van der Waals surface area contributed by atoms with E-state index in [0.29, 0.717) is 11.3 Å². The number of benzene rings is 2. The van der Waals surface area contributed by atoms with E-state index in [1.54, 1.807) is 42.5 Å². The maximum Gasteiger partial charge on any atom is 0.308 e. The first-order chi connectivity index (χ1) is 10.5. The van der Waals surface area contributed by atoms with Crippen LogP contribution in [0.15, 0.2) is 64.6 Å². The third kappa shape index (κ3) is 4.42. The van der Waals surface area contributed by atoms with Crippen molar-refractivity contribution in [2.75, 3.05) is 0 Å².